The van der Waals surface area contributed by atoms with Gasteiger partial charge in [-0.3, -0.25) is 0 Å². The van der Waals surface area contributed by atoms with Crippen LogP contribution in [0.5, 0.6) is 0 Å². The van der Waals surface area contributed by atoms with Crippen LogP contribution in [0.2, 0.25) is 0 Å². The van der Waals surface area contributed by atoms with Crippen LogP contribution in [0.15, 0.2) is 30.3 Å². The molecule has 0 spiro atoms. The van der Waals surface area contributed by atoms with Crippen molar-refractivity contribution in [1.82, 2.24) is 0 Å². The average molecular weight is 224 g/mol. The molecule has 0 aliphatic rings. The molecule has 0 saturated carbocycles. The summed E-state index contributed by atoms with van der Waals surface area (Å²) < 4.78 is 0. The molecule has 0 N–H and O–H groups in total. The molecule has 0 saturated heterocycles. The molecule has 0 amide bonds. The van der Waals surface area contributed by atoms with E-state index in [0.29, 0.717) is 0 Å². The maximum atomic E-state index is 3.82. The monoisotopic (exact) mass is 224 g/mol. The van der Waals surface area contributed by atoms with Gasteiger partial charge in [0.15, 0.2) is 0 Å². The van der Waals surface area contributed by atoms with Crippen molar-refractivity contribution in [3.05, 3.63) is 35.9 Å². The zero-order valence-corrected chi connectivity index (χ0v) is 9.91. The van der Waals surface area contributed by atoms with Gasteiger partial charge in [0.25, 0.3) is 0 Å². The van der Waals surface area contributed by atoms with E-state index in [1.165, 1.54) is 5.56 Å². The number of thiol groups is 1. The normalized spacial score (nSPS) is 8.27. The molecule has 1 aromatic rings. The summed E-state index contributed by atoms with van der Waals surface area (Å²) in [6.45, 7) is 4.10. The molecule has 1 rings (SSSR count). The molecule has 0 bridgehead atoms. The predicted octanol–water partition coefficient (Wildman–Crippen LogP) is 3.13. The fourth-order valence-corrected chi connectivity index (χ4v) is 0.534. The Kier molecular flexibility index (Phi) is 13.5. The van der Waals surface area contributed by atoms with Gasteiger partial charge < -0.3 is 0 Å². The molecule has 1 atom stereocenters. The van der Waals surface area contributed by atoms with Gasteiger partial charge in [-0.25, -0.2) is 0 Å². The molecule has 0 aliphatic heterocycles. The third-order valence-corrected chi connectivity index (χ3v) is 0.940. The van der Waals surface area contributed by atoms with Crippen molar-refractivity contribution in [2.75, 3.05) is 6.66 Å². The van der Waals surface area contributed by atoms with Gasteiger partial charge in [0, 0.05) is 17.4 Å². The summed E-state index contributed by atoms with van der Waals surface area (Å²) in [7, 11) is 0.778. The minimum Gasteiger partial charge on any atom is -0.155 e. The van der Waals surface area contributed by atoms with Crippen LogP contribution in [0.1, 0.15) is 5.56 Å². The summed E-state index contributed by atoms with van der Waals surface area (Å²) in [6, 6.07) is 10.3. The first kappa shape index (κ1) is 14.1. The van der Waals surface area contributed by atoms with Gasteiger partial charge in [-0.1, -0.05) is 43.7 Å². The van der Waals surface area contributed by atoms with Crippen molar-refractivity contribution in [2.24, 2.45) is 0 Å². The molecule has 0 aromatic heterocycles. The van der Waals surface area contributed by atoms with E-state index >= 15 is 0 Å². The second-order valence-electron chi connectivity index (χ2n) is 1.88. The van der Waals surface area contributed by atoms with Crippen LogP contribution in [0.3, 0.4) is 0 Å². The Morgan fingerprint density at radius 1 is 1.18 bits per heavy atom. The van der Waals surface area contributed by atoms with Crippen LogP contribution in [-0.4, -0.2) is 6.66 Å². The molecular weight excluding hydrogens is 211 g/mol. The molecule has 1 unspecified atom stereocenters. The summed E-state index contributed by atoms with van der Waals surface area (Å²) in [4.78, 5) is 0. The SMILES string of the molecule is CPS.Cc1ccccc1.[Cr]. The van der Waals surface area contributed by atoms with Crippen molar-refractivity contribution >= 4 is 20.0 Å². The smallest absolute Gasteiger partial charge is 0 e. The number of benzene rings is 1. The zero-order valence-electron chi connectivity index (χ0n) is 6.74. The van der Waals surface area contributed by atoms with Crippen molar-refractivity contribution < 1.29 is 17.4 Å². The van der Waals surface area contributed by atoms with E-state index in [-0.39, 0.29) is 17.4 Å². The summed E-state index contributed by atoms with van der Waals surface area (Å²) in [6.07, 6.45) is 0. The van der Waals surface area contributed by atoms with E-state index in [0.717, 1.165) is 7.78 Å². The maximum absolute atomic E-state index is 3.82. The van der Waals surface area contributed by atoms with Crippen molar-refractivity contribution in [3.63, 3.8) is 0 Å². The molecule has 0 nitrogen and oxygen atoms in total. The Labute approximate surface area is 86.9 Å². The number of rotatable bonds is 0. The summed E-state index contributed by atoms with van der Waals surface area (Å²) in [5.41, 5.74) is 1.32. The van der Waals surface area contributed by atoms with Gasteiger partial charge >= 0.3 is 0 Å². The minimum atomic E-state index is 0. The van der Waals surface area contributed by atoms with Crippen LogP contribution in [-0.2, 0) is 17.4 Å². The first-order valence-corrected chi connectivity index (χ1v) is 5.92. The second kappa shape index (κ2) is 10.5. The van der Waals surface area contributed by atoms with Crippen LogP contribution in [0.25, 0.3) is 0 Å². The average Bonchev–Trinajstić information content (AvgIpc) is 1.91. The summed E-state index contributed by atoms with van der Waals surface area (Å²) in [5, 5.41) is 0. The Morgan fingerprint density at radius 2 is 1.55 bits per heavy atom. The molecule has 11 heavy (non-hydrogen) atoms. The maximum Gasteiger partial charge on any atom is 0 e. The van der Waals surface area contributed by atoms with E-state index in [1.54, 1.807) is 0 Å². The topological polar surface area (TPSA) is 0 Å². The van der Waals surface area contributed by atoms with Crippen LogP contribution < -0.4 is 0 Å². The second-order valence-corrected chi connectivity index (χ2v) is 3.67. The van der Waals surface area contributed by atoms with E-state index in [1.807, 2.05) is 24.9 Å². The van der Waals surface area contributed by atoms with E-state index in [2.05, 4.69) is 31.3 Å². The zero-order chi connectivity index (χ0) is 7.82. The molecular formula is C8H13CrPS. The largest absolute Gasteiger partial charge is 0.155 e. The van der Waals surface area contributed by atoms with Gasteiger partial charge in [-0.15, -0.1) is 0 Å². The Hall–Kier alpha value is 0.532. The van der Waals surface area contributed by atoms with Gasteiger partial charge in [0.05, 0.1) is 0 Å². The summed E-state index contributed by atoms with van der Waals surface area (Å²) >= 11 is 3.82. The van der Waals surface area contributed by atoms with Gasteiger partial charge in [-0.05, 0) is 13.6 Å². The Bertz CT molecular complexity index is 155. The van der Waals surface area contributed by atoms with Crippen molar-refractivity contribution in [3.8, 4) is 0 Å². The fourth-order valence-electron chi connectivity index (χ4n) is 0.534. The molecule has 0 radical (unpaired) electrons. The quantitative estimate of drug-likeness (QED) is 0.508. The van der Waals surface area contributed by atoms with E-state index < -0.39 is 0 Å². The van der Waals surface area contributed by atoms with Gasteiger partial charge in [0.2, 0.25) is 0 Å². The van der Waals surface area contributed by atoms with Gasteiger partial charge in [0.1, 0.15) is 0 Å². The number of hydrogen-bond donors (Lipinski definition) is 1. The van der Waals surface area contributed by atoms with Crippen molar-refractivity contribution in [1.29, 1.82) is 0 Å². The van der Waals surface area contributed by atoms with Crippen LogP contribution in [0, 0.1) is 6.92 Å². The van der Waals surface area contributed by atoms with Crippen LogP contribution >= 0.6 is 20.0 Å². The molecule has 0 heterocycles. The minimum absolute atomic E-state index is 0. The van der Waals surface area contributed by atoms with E-state index in [4.69, 9.17) is 0 Å². The number of hydrogen-bond acceptors (Lipinski definition) is 1. The fraction of sp³-hybridized carbons (Fsp3) is 0.250. The summed E-state index contributed by atoms with van der Waals surface area (Å²) in [5.74, 6) is 0. The Balaban J connectivity index is 0. The number of aryl methyl sites for hydroxylation is 1. The van der Waals surface area contributed by atoms with Crippen LogP contribution in [0.4, 0.5) is 0 Å². The third-order valence-electron chi connectivity index (χ3n) is 0.940. The molecule has 3 heteroatoms. The van der Waals surface area contributed by atoms with Gasteiger partial charge in [-0.2, -0.15) is 12.2 Å². The molecule has 62 valence electrons. The predicted molar refractivity (Wildman–Crippen MR) is 54.4 cm³/mol. The first-order chi connectivity index (χ1) is 4.81. The molecule has 0 fully saturated rings. The standard InChI is InChI=1S/C7H8.CH5PS.Cr/c1-7-5-3-2-4-6-7;1-2-3;/h2-6H,1H3;2-3H,1H3;. The van der Waals surface area contributed by atoms with Crippen molar-refractivity contribution in [2.45, 2.75) is 6.92 Å². The first-order valence-electron chi connectivity index (χ1n) is 3.13. The third kappa shape index (κ3) is 10.5. The molecule has 0 aliphatic carbocycles. The van der Waals surface area contributed by atoms with E-state index in [9.17, 15) is 0 Å². The Morgan fingerprint density at radius 3 is 1.73 bits per heavy atom. The molecule has 1 aromatic carbocycles.